The van der Waals surface area contributed by atoms with Crippen LogP contribution < -0.4 is 10.7 Å². The molecule has 122 valence electrons. The summed E-state index contributed by atoms with van der Waals surface area (Å²) < 4.78 is 2.49. The van der Waals surface area contributed by atoms with Gasteiger partial charge in [0.1, 0.15) is 6.54 Å². The molecule has 0 radical (unpaired) electrons. The van der Waals surface area contributed by atoms with Crippen LogP contribution in [0.15, 0.2) is 64.0 Å². The maximum absolute atomic E-state index is 12.4. The molecule has 1 heterocycles. The molecule has 1 aromatic heterocycles. The van der Waals surface area contributed by atoms with Crippen molar-refractivity contribution in [3.8, 4) is 0 Å². The molecule has 0 fully saturated rings. The van der Waals surface area contributed by atoms with Crippen LogP contribution in [0.4, 0.5) is 0 Å². The number of hydrogen-bond acceptors (Lipinski definition) is 3. The molecule has 2 aromatic carbocycles. The molecule has 1 N–H and O–H groups in total. The molecule has 0 spiro atoms. The zero-order chi connectivity index (χ0) is 17.1. The molecule has 5 nitrogen and oxygen atoms in total. The zero-order valence-electron chi connectivity index (χ0n) is 13.1. The summed E-state index contributed by atoms with van der Waals surface area (Å²) in [6.07, 6.45) is 1.24. The predicted molar refractivity (Wildman–Crippen MR) is 96.7 cm³/mol. The minimum atomic E-state index is -0.167. The largest absolute Gasteiger partial charge is 0.348 e. The summed E-state index contributed by atoms with van der Waals surface area (Å²) in [5, 5.41) is 7.59. The second-order valence-electron chi connectivity index (χ2n) is 5.49. The van der Waals surface area contributed by atoms with Crippen LogP contribution in [-0.4, -0.2) is 15.7 Å². The van der Waals surface area contributed by atoms with Crippen molar-refractivity contribution in [2.75, 3.05) is 0 Å². The molecule has 24 heavy (non-hydrogen) atoms. The number of aromatic nitrogens is 2. The Labute approximate surface area is 147 Å². The highest BCUT2D eigenvalue weighted by atomic mass is 79.9. The summed E-state index contributed by atoms with van der Waals surface area (Å²) >= 11 is 3.49. The third-order valence-corrected chi connectivity index (χ3v) is 4.53. The topological polar surface area (TPSA) is 64.0 Å². The minimum Gasteiger partial charge on any atom is -0.348 e. The third kappa shape index (κ3) is 3.38. The molecule has 0 unspecified atom stereocenters. The van der Waals surface area contributed by atoms with Crippen molar-refractivity contribution in [3.63, 3.8) is 0 Å². The SMILES string of the molecule is C[C@@H](NC(=O)Cn1ncc(=O)c2ccccc21)c1ccccc1Br. The number of benzene rings is 2. The Bertz CT molecular complexity index is 952. The fourth-order valence-corrected chi connectivity index (χ4v) is 3.24. The van der Waals surface area contributed by atoms with Crippen molar-refractivity contribution >= 4 is 32.7 Å². The summed E-state index contributed by atoms with van der Waals surface area (Å²) in [4.78, 5) is 24.2. The smallest absolute Gasteiger partial charge is 0.242 e. The second kappa shape index (κ2) is 6.97. The summed E-state index contributed by atoms with van der Waals surface area (Å²) in [5.41, 5.74) is 1.50. The molecule has 0 saturated carbocycles. The molecule has 0 bridgehead atoms. The number of para-hydroxylation sites is 1. The van der Waals surface area contributed by atoms with E-state index in [0.717, 1.165) is 10.0 Å². The van der Waals surface area contributed by atoms with Gasteiger partial charge in [0.2, 0.25) is 11.3 Å². The molecule has 3 rings (SSSR count). The number of halogens is 1. The fraction of sp³-hybridized carbons (Fsp3) is 0.167. The summed E-state index contributed by atoms with van der Waals surface area (Å²) in [6, 6.07) is 14.8. The van der Waals surface area contributed by atoms with Crippen LogP contribution in [0, 0.1) is 0 Å². The lowest BCUT2D eigenvalue weighted by molar-refractivity contribution is -0.122. The average molecular weight is 386 g/mol. The van der Waals surface area contributed by atoms with Gasteiger partial charge in [0, 0.05) is 9.86 Å². The molecule has 3 aromatic rings. The van der Waals surface area contributed by atoms with Crippen molar-refractivity contribution in [2.45, 2.75) is 19.5 Å². The Hall–Kier alpha value is -2.47. The van der Waals surface area contributed by atoms with Gasteiger partial charge in [-0.3, -0.25) is 14.3 Å². The van der Waals surface area contributed by atoms with Crippen LogP contribution in [0.1, 0.15) is 18.5 Å². The summed E-state index contributed by atoms with van der Waals surface area (Å²) in [5.74, 6) is -0.167. The van der Waals surface area contributed by atoms with E-state index in [9.17, 15) is 9.59 Å². The first kappa shape index (κ1) is 16.4. The Morgan fingerprint density at radius 1 is 1.21 bits per heavy atom. The number of carbonyl (C=O) groups is 1. The number of nitrogens with one attached hydrogen (secondary N) is 1. The van der Waals surface area contributed by atoms with Gasteiger partial charge in [-0.2, -0.15) is 5.10 Å². The first-order chi connectivity index (χ1) is 11.6. The van der Waals surface area contributed by atoms with Gasteiger partial charge in [0.15, 0.2) is 0 Å². The van der Waals surface area contributed by atoms with Crippen LogP contribution in [-0.2, 0) is 11.3 Å². The predicted octanol–water partition coefficient (Wildman–Crippen LogP) is 3.04. The molecule has 0 aliphatic heterocycles. The Balaban J connectivity index is 1.80. The number of carbonyl (C=O) groups excluding carboxylic acids is 1. The fourth-order valence-electron chi connectivity index (χ4n) is 2.61. The van der Waals surface area contributed by atoms with Crippen LogP contribution in [0.25, 0.3) is 10.9 Å². The van der Waals surface area contributed by atoms with Crippen LogP contribution in [0.5, 0.6) is 0 Å². The zero-order valence-corrected chi connectivity index (χ0v) is 14.7. The lowest BCUT2D eigenvalue weighted by atomic mass is 10.1. The van der Waals surface area contributed by atoms with E-state index in [2.05, 4.69) is 26.3 Å². The highest BCUT2D eigenvalue weighted by Gasteiger charge is 2.13. The van der Waals surface area contributed by atoms with E-state index >= 15 is 0 Å². The summed E-state index contributed by atoms with van der Waals surface area (Å²) in [6.45, 7) is 1.98. The number of hydrogen-bond donors (Lipinski definition) is 1. The molecular formula is C18H16BrN3O2. The van der Waals surface area contributed by atoms with Crippen LogP contribution >= 0.6 is 15.9 Å². The number of fused-ring (bicyclic) bond motifs is 1. The van der Waals surface area contributed by atoms with E-state index in [1.54, 1.807) is 22.9 Å². The van der Waals surface area contributed by atoms with E-state index in [-0.39, 0.29) is 23.9 Å². The number of amides is 1. The van der Waals surface area contributed by atoms with E-state index in [0.29, 0.717) is 10.9 Å². The Morgan fingerprint density at radius 3 is 2.71 bits per heavy atom. The Morgan fingerprint density at radius 2 is 1.92 bits per heavy atom. The monoisotopic (exact) mass is 385 g/mol. The quantitative estimate of drug-likeness (QED) is 0.750. The number of nitrogens with zero attached hydrogens (tertiary/aromatic N) is 2. The lowest BCUT2D eigenvalue weighted by Crippen LogP contribution is -2.31. The highest BCUT2D eigenvalue weighted by molar-refractivity contribution is 9.10. The lowest BCUT2D eigenvalue weighted by Gasteiger charge is -2.16. The van der Waals surface area contributed by atoms with Crippen molar-refractivity contribution in [3.05, 3.63) is 75.0 Å². The molecule has 1 atom stereocenters. The van der Waals surface area contributed by atoms with Gasteiger partial charge in [-0.05, 0) is 30.7 Å². The maximum atomic E-state index is 12.4. The first-order valence-corrected chi connectivity index (χ1v) is 8.34. The van der Waals surface area contributed by atoms with Crippen molar-refractivity contribution in [1.82, 2.24) is 15.1 Å². The van der Waals surface area contributed by atoms with Gasteiger partial charge < -0.3 is 5.32 Å². The average Bonchev–Trinajstić information content (AvgIpc) is 2.58. The molecule has 0 saturated heterocycles. The van der Waals surface area contributed by atoms with E-state index in [1.807, 2.05) is 37.3 Å². The summed E-state index contributed by atoms with van der Waals surface area (Å²) in [7, 11) is 0. The highest BCUT2D eigenvalue weighted by Crippen LogP contribution is 2.22. The van der Waals surface area contributed by atoms with E-state index in [4.69, 9.17) is 0 Å². The van der Waals surface area contributed by atoms with E-state index in [1.165, 1.54) is 6.20 Å². The van der Waals surface area contributed by atoms with Gasteiger partial charge in [-0.15, -0.1) is 0 Å². The third-order valence-electron chi connectivity index (χ3n) is 3.80. The molecule has 6 heteroatoms. The molecular weight excluding hydrogens is 370 g/mol. The molecule has 1 amide bonds. The van der Waals surface area contributed by atoms with Crippen molar-refractivity contribution in [2.24, 2.45) is 0 Å². The minimum absolute atomic E-state index is 0.0512. The first-order valence-electron chi connectivity index (χ1n) is 7.55. The van der Waals surface area contributed by atoms with Gasteiger partial charge in [0.05, 0.1) is 17.8 Å². The van der Waals surface area contributed by atoms with Gasteiger partial charge in [0.25, 0.3) is 0 Å². The number of rotatable bonds is 4. The van der Waals surface area contributed by atoms with Gasteiger partial charge >= 0.3 is 0 Å². The molecule has 0 aliphatic carbocycles. The maximum Gasteiger partial charge on any atom is 0.242 e. The van der Waals surface area contributed by atoms with E-state index < -0.39 is 0 Å². The van der Waals surface area contributed by atoms with Gasteiger partial charge in [-0.1, -0.05) is 46.3 Å². The van der Waals surface area contributed by atoms with Crippen LogP contribution in [0.2, 0.25) is 0 Å². The normalized spacial score (nSPS) is 12.1. The standard InChI is InChI=1S/C18H16BrN3O2/c1-12(13-6-2-4-8-15(13)19)21-18(24)11-22-16-9-5-3-7-14(16)17(23)10-20-22/h2-10,12H,11H2,1H3,(H,21,24)/t12-/m1/s1. The molecule has 0 aliphatic rings. The van der Waals surface area contributed by atoms with Gasteiger partial charge in [-0.25, -0.2) is 0 Å². The Kier molecular flexibility index (Phi) is 4.76. The van der Waals surface area contributed by atoms with Crippen LogP contribution in [0.3, 0.4) is 0 Å². The van der Waals surface area contributed by atoms with Crippen molar-refractivity contribution < 1.29 is 4.79 Å². The van der Waals surface area contributed by atoms with Crippen molar-refractivity contribution in [1.29, 1.82) is 0 Å². The second-order valence-corrected chi connectivity index (χ2v) is 6.35.